The van der Waals surface area contributed by atoms with Crippen molar-refractivity contribution in [3.63, 3.8) is 0 Å². The van der Waals surface area contributed by atoms with Gasteiger partial charge < -0.3 is 10.3 Å². The van der Waals surface area contributed by atoms with Crippen LogP contribution in [0.2, 0.25) is 5.02 Å². The second-order valence-electron chi connectivity index (χ2n) is 5.52. The highest BCUT2D eigenvalue weighted by Gasteiger charge is 2.20. The maximum atomic E-state index is 12.3. The van der Waals surface area contributed by atoms with Crippen LogP contribution in [0.4, 0.5) is 0 Å². The van der Waals surface area contributed by atoms with E-state index in [-0.39, 0.29) is 11.4 Å². The normalized spacial score (nSPS) is 11.8. The van der Waals surface area contributed by atoms with Crippen LogP contribution in [0.3, 0.4) is 0 Å². The van der Waals surface area contributed by atoms with E-state index in [9.17, 15) is 4.79 Å². The fourth-order valence-electron chi connectivity index (χ4n) is 2.00. The van der Waals surface area contributed by atoms with Gasteiger partial charge in [-0.25, -0.2) is 0 Å². The highest BCUT2D eigenvalue weighted by atomic mass is 35.5. The molecule has 2 aromatic rings. The van der Waals surface area contributed by atoms with Crippen molar-refractivity contribution in [1.82, 2.24) is 10.3 Å². The summed E-state index contributed by atoms with van der Waals surface area (Å²) in [5, 5.41) is 4.54. The van der Waals surface area contributed by atoms with Crippen LogP contribution in [-0.2, 0) is 0 Å². The maximum Gasteiger partial charge on any atom is 0.254 e. The number of hydrogen-bond donors (Lipinski definition) is 2. The smallest absolute Gasteiger partial charge is 0.254 e. The minimum Gasteiger partial charge on any atom is -0.358 e. The summed E-state index contributed by atoms with van der Waals surface area (Å²) in [6, 6.07) is 5.50. The number of carbonyl (C=O) groups is 1. The van der Waals surface area contributed by atoms with Gasteiger partial charge in [0, 0.05) is 27.2 Å². The Morgan fingerprint density at radius 1 is 1.33 bits per heavy atom. The zero-order valence-electron chi connectivity index (χ0n) is 11.0. The van der Waals surface area contributed by atoms with E-state index in [1.165, 1.54) is 0 Å². The summed E-state index contributed by atoms with van der Waals surface area (Å²) in [7, 11) is 0. The number of aryl methyl sites for hydroxylation is 1. The van der Waals surface area contributed by atoms with Crippen LogP contribution < -0.4 is 5.32 Å². The molecule has 1 aromatic carbocycles. The van der Waals surface area contributed by atoms with E-state index in [4.69, 9.17) is 11.6 Å². The first-order valence-corrected chi connectivity index (χ1v) is 6.26. The van der Waals surface area contributed by atoms with Crippen molar-refractivity contribution in [3.05, 3.63) is 34.5 Å². The zero-order valence-corrected chi connectivity index (χ0v) is 11.8. The SMILES string of the molecule is Cc1[nH]c2cc(Cl)ccc2c1C(=O)NC(C)(C)C. The van der Waals surface area contributed by atoms with Crippen molar-refractivity contribution in [2.45, 2.75) is 33.2 Å². The third-order valence-electron chi connectivity index (χ3n) is 2.66. The Hall–Kier alpha value is -1.48. The number of hydrogen-bond acceptors (Lipinski definition) is 1. The summed E-state index contributed by atoms with van der Waals surface area (Å²) in [4.78, 5) is 15.5. The molecule has 4 heteroatoms. The molecule has 0 bridgehead atoms. The molecule has 1 amide bonds. The first-order chi connectivity index (χ1) is 8.28. The molecular weight excluding hydrogens is 248 g/mol. The van der Waals surface area contributed by atoms with E-state index in [2.05, 4.69) is 10.3 Å². The number of halogens is 1. The van der Waals surface area contributed by atoms with Gasteiger partial charge in [-0.3, -0.25) is 4.79 Å². The Morgan fingerprint density at radius 3 is 2.61 bits per heavy atom. The minimum absolute atomic E-state index is 0.0615. The average Bonchev–Trinajstić information content (AvgIpc) is 2.50. The number of nitrogens with one attached hydrogen (secondary N) is 2. The number of fused-ring (bicyclic) bond motifs is 1. The van der Waals surface area contributed by atoms with Gasteiger partial charge in [-0.05, 0) is 39.8 Å². The van der Waals surface area contributed by atoms with E-state index in [1.807, 2.05) is 39.8 Å². The molecule has 0 saturated carbocycles. The summed E-state index contributed by atoms with van der Waals surface area (Å²) in [5.41, 5.74) is 2.18. The second kappa shape index (κ2) is 4.32. The van der Waals surface area contributed by atoms with E-state index in [0.717, 1.165) is 16.6 Å². The van der Waals surface area contributed by atoms with Crippen LogP contribution in [0.1, 0.15) is 36.8 Å². The average molecular weight is 265 g/mol. The van der Waals surface area contributed by atoms with Crippen molar-refractivity contribution < 1.29 is 4.79 Å². The third-order valence-corrected chi connectivity index (χ3v) is 2.90. The molecule has 1 aromatic heterocycles. The first-order valence-electron chi connectivity index (χ1n) is 5.88. The molecule has 3 nitrogen and oxygen atoms in total. The van der Waals surface area contributed by atoms with Gasteiger partial charge in [0.05, 0.1) is 5.56 Å². The molecule has 0 saturated heterocycles. The molecule has 2 rings (SSSR count). The highest BCUT2D eigenvalue weighted by molar-refractivity contribution is 6.31. The van der Waals surface area contributed by atoms with Gasteiger partial charge in [0.2, 0.25) is 0 Å². The number of amides is 1. The molecule has 0 spiro atoms. The largest absolute Gasteiger partial charge is 0.358 e. The Bertz CT molecular complexity index is 608. The van der Waals surface area contributed by atoms with Crippen LogP contribution in [0.5, 0.6) is 0 Å². The molecule has 1 heterocycles. The lowest BCUT2D eigenvalue weighted by molar-refractivity contribution is 0.0920. The van der Waals surface area contributed by atoms with E-state index in [1.54, 1.807) is 6.07 Å². The summed E-state index contributed by atoms with van der Waals surface area (Å²) in [6.45, 7) is 7.79. The van der Waals surface area contributed by atoms with Gasteiger partial charge in [0.15, 0.2) is 0 Å². The maximum absolute atomic E-state index is 12.3. The Labute approximate surface area is 112 Å². The molecule has 0 aliphatic carbocycles. The molecular formula is C14H17ClN2O. The molecule has 0 atom stereocenters. The van der Waals surface area contributed by atoms with Crippen molar-refractivity contribution in [3.8, 4) is 0 Å². The summed E-state index contributed by atoms with van der Waals surface area (Å²) in [6.07, 6.45) is 0. The topological polar surface area (TPSA) is 44.9 Å². The van der Waals surface area contributed by atoms with Crippen LogP contribution in [0.15, 0.2) is 18.2 Å². The van der Waals surface area contributed by atoms with E-state index in [0.29, 0.717) is 10.6 Å². The Kier molecular flexibility index (Phi) is 3.11. The van der Waals surface area contributed by atoms with E-state index >= 15 is 0 Å². The molecule has 0 aliphatic heterocycles. The number of aromatic nitrogens is 1. The lowest BCUT2D eigenvalue weighted by Gasteiger charge is -2.20. The van der Waals surface area contributed by atoms with Crippen LogP contribution >= 0.6 is 11.6 Å². The lowest BCUT2D eigenvalue weighted by Crippen LogP contribution is -2.40. The van der Waals surface area contributed by atoms with Gasteiger partial charge >= 0.3 is 0 Å². The Morgan fingerprint density at radius 2 is 2.00 bits per heavy atom. The predicted molar refractivity (Wildman–Crippen MR) is 75.3 cm³/mol. The number of H-pyrrole nitrogens is 1. The second-order valence-corrected chi connectivity index (χ2v) is 5.96. The lowest BCUT2D eigenvalue weighted by atomic mass is 10.1. The number of benzene rings is 1. The molecule has 2 N–H and O–H groups in total. The van der Waals surface area contributed by atoms with Crippen molar-refractivity contribution >= 4 is 28.4 Å². The zero-order chi connectivity index (χ0) is 13.5. The van der Waals surface area contributed by atoms with Gasteiger partial charge in [-0.15, -0.1) is 0 Å². The number of rotatable bonds is 1. The van der Waals surface area contributed by atoms with Gasteiger partial charge in [-0.1, -0.05) is 17.7 Å². The van der Waals surface area contributed by atoms with Gasteiger partial charge in [0.25, 0.3) is 5.91 Å². The Balaban J connectivity index is 2.51. The molecule has 96 valence electrons. The monoisotopic (exact) mass is 264 g/mol. The standard InChI is InChI=1S/C14H17ClN2O/c1-8-12(13(18)17-14(2,3)4)10-6-5-9(15)7-11(10)16-8/h5-7,16H,1-4H3,(H,17,18). The fraction of sp³-hybridized carbons (Fsp3) is 0.357. The quantitative estimate of drug-likeness (QED) is 0.811. The van der Waals surface area contributed by atoms with Crippen LogP contribution in [0, 0.1) is 6.92 Å². The molecule has 0 unspecified atom stereocenters. The molecule has 18 heavy (non-hydrogen) atoms. The first kappa shape index (κ1) is 13.0. The number of carbonyl (C=O) groups excluding carboxylic acids is 1. The fourth-order valence-corrected chi connectivity index (χ4v) is 2.17. The molecule has 0 fully saturated rings. The van der Waals surface area contributed by atoms with Crippen LogP contribution in [0.25, 0.3) is 10.9 Å². The van der Waals surface area contributed by atoms with Gasteiger partial charge in [0.1, 0.15) is 0 Å². The molecule has 0 radical (unpaired) electrons. The van der Waals surface area contributed by atoms with Gasteiger partial charge in [-0.2, -0.15) is 0 Å². The van der Waals surface area contributed by atoms with Crippen molar-refractivity contribution in [2.24, 2.45) is 0 Å². The minimum atomic E-state index is -0.250. The van der Waals surface area contributed by atoms with Crippen molar-refractivity contribution in [2.75, 3.05) is 0 Å². The highest BCUT2D eigenvalue weighted by Crippen LogP contribution is 2.25. The summed E-state index contributed by atoms with van der Waals surface area (Å²) in [5.74, 6) is -0.0615. The predicted octanol–water partition coefficient (Wildman–Crippen LogP) is 3.66. The number of aromatic amines is 1. The van der Waals surface area contributed by atoms with E-state index < -0.39 is 0 Å². The molecule has 0 aliphatic rings. The van der Waals surface area contributed by atoms with Crippen molar-refractivity contribution in [1.29, 1.82) is 0 Å². The summed E-state index contributed by atoms with van der Waals surface area (Å²) >= 11 is 5.95. The third kappa shape index (κ3) is 2.51. The summed E-state index contributed by atoms with van der Waals surface area (Å²) < 4.78 is 0. The van der Waals surface area contributed by atoms with Crippen LogP contribution in [-0.4, -0.2) is 16.4 Å².